The summed E-state index contributed by atoms with van der Waals surface area (Å²) in [6.45, 7) is 2.97. The molecule has 1 aliphatic rings. The molecule has 21 heavy (non-hydrogen) atoms. The molecule has 1 rings (SSSR count). The lowest BCUT2D eigenvalue weighted by Gasteiger charge is -2.40. The summed E-state index contributed by atoms with van der Waals surface area (Å²) >= 11 is 0. The van der Waals surface area contributed by atoms with Gasteiger partial charge in [0.25, 0.3) is 0 Å². The molecule has 0 radical (unpaired) electrons. The van der Waals surface area contributed by atoms with Gasteiger partial charge in [-0.25, -0.2) is 0 Å². The monoisotopic (exact) mass is 295 g/mol. The van der Waals surface area contributed by atoms with Gasteiger partial charge in [-0.15, -0.1) is 0 Å². The van der Waals surface area contributed by atoms with E-state index in [1.165, 1.54) is 77.0 Å². The molecule has 2 nitrogen and oxygen atoms in total. The number of carbonyl (C=O) groups excluding carboxylic acids is 1. The number of hydrogen-bond donors (Lipinski definition) is 1. The van der Waals surface area contributed by atoms with Crippen LogP contribution < -0.4 is 5.73 Å². The zero-order valence-corrected chi connectivity index (χ0v) is 14.3. The Bertz CT molecular complexity index is 265. The largest absolute Gasteiger partial charge is 0.330 e. The van der Waals surface area contributed by atoms with E-state index in [0.717, 1.165) is 19.3 Å². The van der Waals surface area contributed by atoms with E-state index >= 15 is 0 Å². The predicted molar refractivity (Wildman–Crippen MR) is 91.4 cm³/mol. The van der Waals surface area contributed by atoms with Crippen molar-refractivity contribution in [1.82, 2.24) is 0 Å². The molecule has 0 unspecified atom stereocenters. The summed E-state index contributed by atoms with van der Waals surface area (Å²) in [6, 6.07) is 0. The molecular formula is C19H37NO. The van der Waals surface area contributed by atoms with Crippen molar-refractivity contribution in [2.75, 3.05) is 6.54 Å². The maximum Gasteiger partial charge on any atom is 0.133 e. The van der Waals surface area contributed by atoms with Crippen molar-refractivity contribution >= 4 is 5.78 Å². The smallest absolute Gasteiger partial charge is 0.133 e. The first kappa shape index (κ1) is 18.7. The van der Waals surface area contributed by atoms with Crippen molar-refractivity contribution in [2.45, 2.75) is 103 Å². The minimum atomic E-state index is 0.204. The Morgan fingerprint density at radius 2 is 1.43 bits per heavy atom. The Hall–Kier alpha value is -0.370. The second-order valence-corrected chi connectivity index (χ2v) is 7.21. The summed E-state index contributed by atoms with van der Waals surface area (Å²) < 4.78 is 0. The number of ketones is 1. The average molecular weight is 296 g/mol. The van der Waals surface area contributed by atoms with Crippen LogP contribution in [0, 0.1) is 5.41 Å². The highest BCUT2D eigenvalue weighted by Crippen LogP contribution is 2.43. The summed E-state index contributed by atoms with van der Waals surface area (Å²) in [7, 11) is 0. The first-order valence-corrected chi connectivity index (χ1v) is 9.44. The van der Waals surface area contributed by atoms with Crippen LogP contribution in [0.25, 0.3) is 0 Å². The van der Waals surface area contributed by atoms with Gasteiger partial charge in [0.1, 0.15) is 5.78 Å². The van der Waals surface area contributed by atoms with Crippen LogP contribution in [0.2, 0.25) is 0 Å². The van der Waals surface area contributed by atoms with Gasteiger partial charge in [0.05, 0.1) is 0 Å². The van der Waals surface area contributed by atoms with Crippen LogP contribution >= 0.6 is 0 Å². The normalized spacial score (nSPS) is 16.7. The van der Waals surface area contributed by atoms with Gasteiger partial charge < -0.3 is 5.73 Å². The molecule has 0 heterocycles. The summed E-state index contributed by atoms with van der Waals surface area (Å²) in [6.07, 6.45) is 18.5. The first-order valence-electron chi connectivity index (χ1n) is 9.44. The van der Waals surface area contributed by atoms with Crippen LogP contribution in [0.5, 0.6) is 0 Å². The third-order valence-corrected chi connectivity index (χ3v) is 5.23. The molecule has 0 amide bonds. The van der Waals surface area contributed by atoms with Gasteiger partial charge >= 0.3 is 0 Å². The Balaban J connectivity index is 1.86. The van der Waals surface area contributed by atoms with Crippen LogP contribution in [0.1, 0.15) is 103 Å². The Morgan fingerprint density at radius 3 is 1.86 bits per heavy atom. The highest BCUT2D eigenvalue weighted by atomic mass is 16.1. The van der Waals surface area contributed by atoms with Gasteiger partial charge in [-0.05, 0) is 31.2 Å². The van der Waals surface area contributed by atoms with Crippen LogP contribution in [-0.4, -0.2) is 12.3 Å². The molecule has 1 fully saturated rings. The lowest BCUT2D eigenvalue weighted by atomic mass is 9.65. The lowest BCUT2D eigenvalue weighted by molar-refractivity contribution is -0.122. The molecule has 0 bridgehead atoms. The Morgan fingerprint density at radius 1 is 0.905 bits per heavy atom. The van der Waals surface area contributed by atoms with E-state index in [4.69, 9.17) is 5.73 Å². The van der Waals surface area contributed by atoms with E-state index in [-0.39, 0.29) is 5.41 Å². The molecule has 2 heteroatoms. The summed E-state index contributed by atoms with van der Waals surface area (Å²) in [5, 5.41) is 0. The average Bonchev–Trinajstić information content (AvgIpc) is 2.45. The number of carbonyl (C=O) groups is 1. The third kappa shape index (κ3) is 7.99. The minimum absolute atomic E-state index is 0.204. The van der Waals surface area contributed by atoms with Gasteiger partial charge in [-0.3, -0.25) is 4.79 Å². The number of nitrogens with two attached hydrogens (primary N) is 1. The highest BCUT2D eigenvalue weighted by molar-refractivity contribution is 5.79. The molecule has 0 atom stereocenters. The van der Waals surface area contributed by atoms with Crippen molar-refractivity contribution in [3.05, 3.63) is 0 Å². The standard InChI is InChI=1S/C19H37NO/c1-2-3-4-5-6-7-8-9-10-11-13-18(21)16-19(17-20)14-12-15-19/h2-17,20H2,1H3. The number of Topliss-reactive ketones (excluding diaryl/α,β-unsaturated/α-hetero) is 1. The minimum Gasteiger partial charge on any atom is -0.330 e. The molecule has 0 saturated heterocycles. The summed E-state index contributed by atoms with van der Waals surface area (Å²) in [5.41, 5.74) is 6.02. The fraction of sp³-hybridized carbons (Fsp3) is 0.947. The van der Waals surface area contributed by atoms with E-state index in [0.29, 0.717) is 12.3 Å². The molecular weight excluding hydrogens is 258 g/mol. The topological polar surface area (TPSA) is 43.1 Å². The highest BCUT2D eigenvalue weighted by Gasteiger charge is 2.36. The van der Waals surface area contributed by atoms with E-state index in [2.05, 4.69) is 6.92 Å². The van der Waals surface area contributed by atoms with Gasteiger partial charge in [0, 0.05) is 12.8 Å². The molecule has 2 N–H and O–H groups in total. The van der Waals surface area contributed by atoms with Crippen LogP contribution in [0.4, 0.5) is 0 Å². The van der Waals surface area contributed by atoms with Crippen molar-refractivity contribution < 1.29 is 4.79 Å². The van der Waals surface area contributed by atoms with E-state index in [1.807, 2.05) is 0 Å². The fourth-order valence-electron chi connectivity index (χ4n) is 3.45. The van der Waals surface area contributed by atoms with Gasteiger partial charge in [-0.1, -0.05) is 71.1 Å². The fourth-order valence-corrected chi connectivity index (χ4v) is 3.45. The number of rotatable bonds is 14. The summed E-state index contributed by atoms with van der Waals surface area (Å²) in [5.74, 6) is 0.458. The second kappa shape index (κ2) is 11.2. The molecule has 124 valence electrons. The second-order valence-electron chi connectivity index (χ2n) is 7.21. The van der Waals surface area contributed by atoms with Crippen molar-refractivity contribution in [2.24, 2.45) is 11.1 Å². The quantitative estimate of drug-likeness (QED) is 0.437. The maximum absolute atomic E-state index is 12.0. The molecule has 0 spiro atoms. The predicted octanol–water partition coefficient (Wildman–Crippen LogP) is 5.39. The number of hydrogen-bond acceptors (Lipinski definition) is 2. The van der Waals surface area contributed by atoms with Crippen molar-refractivity contribution in [1.29, 1.82) is 0 Å². The van der Waals surface area contributed by atoms with Crippen LogP contribution in [0.15, 0.2) is 0 Å². The van der Waals surface area contributed by atoms with Gasteiger partial charge in [0.15, 0.2) is 0 Å². The van der Waals surface area contributed by atoms with Crippen molar-refractivity contribution in [3.63, 3.8) is 0 Å². The molecule has 1 saturated carbocycles. The molecule has 0 aromatic rings. The van der Waals surface area contributed by atoms with E-state index in [9.17, 15) is 4.79 Å². The zero-order valence-electron chi connectivity index (χ0n) is 14.3. The van der Waals surface area contributed by atoms with Crippen LogP contribution in [-0.2, 0) is 4.79 Å². The van der Waals surface area contributed by atoms with E-state index < -0.39 is 0 Å². The number of unbranched alkanes of at least 4 members (excludes halogenated alkanes) is 9. The lowest BCUT2D eigenvalue weighted by Crippen LogP contribution is -2.39. The van der Waals surface area contributed by atoms with Gasteiger partial charge in [-0.2, -0.15) is 0 Å². The molecule has 0 aromatic heterocycles. The maximum atomic E-state index is 12.0. The Kier molecular flexibility index (Phi) is 9.99. The van der Waals surface area contributed by atoms with Gasteiger partial charge in [0.2, 0.25) is 0 Å². The Labute approximate surface area is 132 Å². The first-order chi connectivity index (χ1) is 10.2. The van der Waals surface area contributed by atoms with Crippen molar-refractivity contribution in [3.8, 4) is 0 Å². The van der Waals surface area contributed by atoms with E-state index in [1.54, 1.807) is 0 Å². The zero-order chi connectivity index (χ0) is 15.4. The SMILES string of the molecule is CCCCCCCCCCCCC(=O)CC1(CN)CCC1. The molecule has 0 aromatic carbocycles. The third-order valence-electron chi connectivity index (χ3n) is 5.23. The molecule has 0 aliphatic heterocycles. The molecule has 1 aliphatic carbocycles. The van der Waals surface area contributed by atoms with Crippen LogP contribution in [0.3, 0.4) is 0 Å². The summed E-state index contributed by atoms with van der Waals surface area (Å²) in [4.78, 5) is 12.0.